The van der Waals surface area contributed by atoms with E-state index in [0.717, 1.165) is 5.56 Å². The summed E-state index contributed by atoms with van der Waals surface area (Å²) in [7, 11) is 2.96. The summed E-state index contributed by atoms with van der Waals surface area (Å²) in [6.07, 6.45) is -0.719. The van der Waals surface area contributed by atoms with Crippen LogP contribution in [0, 0.1) is 0 Å². The standard InChI is InChI=1S/C19H18N2O5/c1-12(17-20-21-18(26-17)13-8-5-4-6-9-13)25-19(22)14-10-7-11-15(23-2)16(14)24-3/h4-12H,1-3H3/t12-/m1/s1. The molecular weight excluding hydrogens is 336 g/mol. The Labute approximate surface area is 150 Å². The molecule has 3 aromatic rings. The summed E-state index contributed by atoms with van der Waals surface area (Å²) < 4.78 is 21.5. The van der Waals surface area contributed by atoms with Gasteiger partial charge in [-0.1, -0.05) is 24.3 Å². The molecule has 0 bridgehead atoms. The number of carbonyl (C=O) groups is 1. The zero-order valence-electron chi connectivity index (χ0n) is 14.6. The summed E-state index contributed by atoms with van der Waals surface area (Å²) in [6, 6.07) is 14.3. The minimum absolute atomic E-state index is 0.207. The van der Waals surface area contributed by atoms with E-state index in [2.05, 4.69) is 10.2 Å². The van der Waals surface area contributed by atoms with E-state index in [4.69, 9.17) is 18.6 Å². The largest absolute Gasteiger partial charge is 0.493 e. The molecule has 0 unspecified atom stereocenters. The summed E-state index contributed by atoms with van der Waals surface area (Å²) in [5.41, 5.74) is 1.04. The van der Waals surface area contributed by atoms with Crippen LogP contribution >= 0.6 is 0 Å². The molecule has 0 aliphatic carbocycles. The summed E-state index contributed by atoms with van der Waals surface area (Å²) in [5.74, 6) is 0.746. The summed E-state index contributed by atoms with van der Waals surface area (Å²) in [6.45, 7) is 1.66. The van der Waals surface area contributed by atoms with Crippen molar-refractivity contribution < 1.29 is 23.4 Å². The third kappa shape index (κ3) is 3.51. The van der Waals surface area contributed by atoms with E-state index in [1.807, 2.05) is 30.3 Å². The number of rotatable bonds is 6. The highest BCUT2D eigenvalue weighted by molar-refractivity contribution is 5.93. The summed E-state index contributed by atoms with van der Waals surface area (Å²) in [5, 5.41) is 7.96. The van der Waals surface area contributed by atoms with E-state index in [1.54, 1.807) is 25.1 Å². The Morgan fingerprint density at radius 1 is 1.00 bits per heavy atom. The zero-order valence-corrected chi connectivity index (χ0v) is 14.6. The first-order valence-corrected chi connectivity index (χ1v) is 7.94. The average Bonchev–Trinajstić information content (AvgIpc) is 3.18. The van der Waals surface area contributed by atoms with Gasteiger partial charge in [-0.05, 0) is 31.2 Å². The highest BCUT2D eigenvalue weighted by atomic mass is 16.6. The molecule has 0 aliphatic rings. The van der Waals surface area contributed by atoms with Gasteiger partial charge in [-0.15, -0.1) is 10.2 Å². The Balaban J connectivity index is 1.77. The molecule has 1 heterocycles. The second kappa shape index (κ2) is 7.69. The molecule has 0 saturated heterocycles. The number of ether oxygens (including phenoxy) is 3. The molecule has 0 saturated carbocycles. The highest BCUT2D eigenvalue weighted by Gasteiger charge is 2.23. The lowest BCUT2D eigenvalue weighted by atomic mass is 10.2. The maximum Gasteiger partial charge on any atom is 0.342 e. The van der Waals surface area contributed by atoms with Crippen molar-refractivity contribution in [2.24, 2.45) is 0 Å². The van der Waals surface area contributed by atoms with Gasteiger partial charge in [0.1, 0.15) is 5.56 Å². The van der Waals surface area contributed by atoms with Crippen molar-refractivity contribution in [2.75, 3.05) is 14.2 Å². The number of aromatic nitrogens is 2. The molecule has 0 fully saturated rings. The lowest BCUT2D eigenvalue weighted by Gasteiger charge is -2.13. The van der Waals surface area contributed by atoms with Gasteiger partial charge in [-0.2, -0.15) is 0 Å². The first kappa shape index (κ1) is 17.5. The molecule has 0 N–H and O–H groups in total. The van der Waals surface area contributed by atoms with Gasteiger partial charge in [0.2, 0.25) is 5.89 Å². The van der Waals surface area contributed by atoms with Crippen molar-refractivity contribution in [3.05, 3.63) is 60.0 Å². The number of carbonyl (C=O) groups excluding carboxylic acids is 1. The monoisotopic (exact) mass is 354 g/mol. The van der Waals surface area contributed by atoms with Crippen LogP contribution in [0.25, 0.3) is 11.5 Å². The molecule has 0 radical (unpaired) electrons. The molecule has 0 spiro atoms. The molecule has 134 valence electrons. The van der Waals surface area contributed by atoms with Crippen LogP contribution < -0.4 is 9.47 Å². The van der Waals surface area contributed by atoms with Gasteiger partial charge in [0, 0.05) is 5.56 Å². The van der Waals surface area contributed by atoms with Crippen LogP contribution in [0.1, 0.15) is 29.3 Å². The van der Waals surface area contributed by atoms with Crippen molar-refractivity contribution in [1.29, 1.82) is 0 Å². The molecule has 26 heavy (non-hydrogen) atoms. The lowest BCUT2D eigenvalue weighted by Crippen LogP contribution is -2.11. The van der Waals surface area contributed by atoms with Crippen molar-refractivity contribution in [1.82, 2.24) is 10.2 Å². The van der Waals surface area contributed by atoms with Gasteiger partial charge >= 0.3 is 5.97 Å². The van der Waals surface area contributed by atoms with Crippen molar-refractivity contribution in [3.8, 4) is 23.0 Å². The Morgan fingerprint density at radius 2 is 1.77 bits per heavy atom. The number of hydrogen-bond donors (Lipinski definition) is 0. The highest BCUT2D eigenvalue weighted by Crippen LogP contribution is 2.32. The van der Waals surface area contributed by atoms with Crippen LogP contribution in [0.5, 0.6) is 11.5 Å². The number of benzene rings is 2. The Morgan fingerprint density at radius 3 is 2.46 bits per heavy atom. The van der Waals surface area contributed by atoms with Gasteiger partial charge in [0.15, 0.2) is 17.6 Å². The SMILES string of the molecule is COc1cccc(C(=O)O[C@H](C)c2nnc(-c3ccccc3)o2)c1OC. The fourth-order valence-electron chi connectivity index (χ4n) is 2.42. The number of esters is 1. The van der Waals surface area contributed by atoms with Crippen LogP contribution in [0.4, 0.5) is 0 Å². The van der Waals surface area contributed by atoms with E-state index >= 15 is 0 Å². The van der Waals surface area contributed by atoms with Crippen molar-refractivity contribution in [3.63, 3.8) is 0 Å². The van der Waals surface area contributed by atoms with E-state index < -0.39 is 12.1 Å². The maximum absolute atomic E-state index is 12.5. The molecular formula is C19H18N2O5. The van der Waals surface area contributed by atoms with E-state index in [9.17, 15) is 4.79 Å². The first-order valence-electron chi connectivity index (χ1n) is 7.94. The van der Waals surface area contributed by atoms with Crippen LogP contribution in [-0.4, -0.2) is 30.4 Å². The third-order valence-electron chi connectivity index (χ3n) is 3.72. The molecule has 1 aromatic heterocycles. The minimum atomic E-state index is -0.719. The van der Waals surface area contributed by atoms with E-state index in [0.29, 0.717) is 17.4 Å². The maximum atomic E-state index is 12.5. The average molecular weight is 354 g/mol. The Hall–Kier alpha value is -3.35. The van der Waals surface area contributed by atoms with Crippen molar-refractivity contribution >= 4 is 5.97 Å². The number of hydrogen-bond acceptors (Lipinski definition) is 7. The van der Waals surface area contributed by atoms with Gasteiger partial charge in [-0.3, -0.25) is 0 Å². The fourth-order valence-corrected chi connectivity index (χ4v) is 2.42. The Bertz CT molecular complexity index is 892. The fraction of sp³-hybridized carbons (Fsp3) is 0.211. The number of methoxy groups -OCH3 is 2. The van der Waals surface area contributed by atoms with Crippen molar-refractivity contribution in [2.45, 2.75) is 13.0 Å². The minimum Gasteiger partial charge on any atom is -0.493 e. The van der Waals surface area contributed by atoms with Crippen LogP contribution in [0.3, 0.4) is 0 Å². The quantitative estimate of drug-likeness (QED) is 0.624. The smallest absolute Gasteiger partial charge is 0.342 e. The predicted molar refractivity (Wildman–Crippen MR) is 93.1 cm³/mol. The topological polar surface area (TPSA) is 83.7 Å². The van der Waals surface area contributed by atoms with Gasteiger partial charge < -0.3 is 18.6 Å². The summed E-state index contributed by atoms with van der Waals surface area (Å²) in [4.78, 5) is 12.5. The van der Waals surface area contributed by atoms with E-state index in [-0.39, 0.29) is 11.5 Å². The first-order chi connectivity index (χ1) is 12.6. The normalized spacial score (nSPS) is 11.7. The molecule has 3 rings (SSSR count). The number of para-hydroxylation sites is 1. The molecule has 0 aliphatic heterocycles. The predicted octanol–water partition coefficient (Wildman–Crippen LogP) is 3.67. The second-order valence-electron chi connectivity index (χ2n) is 5.40. The molecule has 0 amide bonds. The second-order valence-corrected chi connectivity index (χ2v) is 5.40. The third-order valence-corrected chi connectivity index (χ3v) is 3.72. The van der Waals surface area contributed by atoms with Crippen LogP contribution in [0.2, 0.25) is 0 Å². The number of nitrogens with zero attached hydrogens (tertiary/aromatic N) is 2. The van der Waals surface area contributed by atoms with Gasteiger partial charge in [0.25, 0.3) is 5.89 Å². The zero-order chi connectivity index (χ0) is 18.5. The molecule has 2 aromatic carbocycles. The van der Waals surface area contributed by atoms with Gasteiger partial charge in [0.05, 0.1) is 14.2 Å². The molecule has 1 atom stereocenters. The summed E-state index contributed by atoms with van der Waals surface area (Å²) >= 11 is 0. The molecule has 7 nitrogen and oxygen atoms in total. The lowest BCUT2D eigenvalue weighted by molar-refractivity contribution is 0.0276. The molecule has 7 heteroatoms. The van der Waals surface area contributed by atoms with Crippen LogP contribution in [-0.2, 0) is 4.74 Å². The van der Waals surface area contributed by atoms with E-state index in [1.165, 1.54) is 14.2 Å². The van der Waals surface area contributed by atoms with Crippen LogP contribution in [0.15, 0.2) is 52.9 Å². The Kier molecular flexibility index (Phi) is 5.17. The van der Waals surface area contributed by atoms with Gasteiger partial charge in [-0.25, -0.2) is 4.79 Å².